The molecule has 1 amide bonds. The summed E-state index contributed by atoms with van der Waals surface area (Å²) in [5.41, 5.74) is 1.95. The Morgan fingerprint density at radius 1 is 1.10 bits per heavy atom. The fourth-order valence-electron chi connectivity index (χ4n) is 4.47. The number of carbonyl (C=O) groups is 2. The number of likely N-dealkylation sites (tertiary alicyclic amines) is 1. The highest BCUT2D eigenvalue weighted by Gasteiger charge is 2.47. The van der Waals surface area contributed by atoms with Gasteiger partial charge in [0.25, 0.3) is 0 Å². The number of aliphatic carboxylic acids is 1. The summed E-state index contributed by atoms with van der Waals surface area (Å²) in [6, 6.07) is 9.70. The number of ether oxygens (including phenoxy) is 2. The topological polar surface area (TPSA) is 89.2 Å². The third-order valence-corrected chi connectivity index (χ3v) is 6.40. The molecule has 3 aliphatic rings. The van der Waals surface area contributed by atoms with Crippen LogP contribution in [0.15, 0.2) is 41.0 Å². The van der Waals surface area contributed by atoms with Crippen molar-refractivity contribution in [2.24, 2.45) is 11.8 Å². The molecule has 2 unspecified atom stereocenters. The number of carboxylic acid groups (broad SMARTS) is 1. The molecule has 1 aliphatic carbocycles. The lowest BCUT2D eigenvalue weighted by Gasteiger charge is -2.45. The van der Waals surface area contributed by atoms with E-state index < -0.39 is 17.7 Å². The van der Waals surface area contributed by atoms with E-state index in [1.165, 1.54) is 0 Å². The number of amides is 1. The molecular formula is C22H23NO6. The van der Waals surface area contributed by atoms with Crippen LogP contribution < -0.4 is 4.74 Å². The molecule has 0 bridgehead atoms. The van der Waals surface area contributed by atoms with Gasteiger partial charge < -0.3 is 23.9 Å². The van der Waals surface area contributed by atoms with Crippen molar-refractivity contribution in [2.45, 2.75) is 38.1 Å². The van der Waals surface area contributed by atoms with E-state index in [4.69, 9.17) is 13.9 Å². The Balaban J connectivity index is 1.24. The van der Waals surface area contributed by atoms with Crippen LogP contribution in [0.25, 0.3) is 11.3 Å². The van der Waals surface area contributed by atoms with Gasteiger partial charge in [-0.25, -0.2) is 0 Å². The molecular weight excluding hydrogens is 374 g/mol. The number of piperidine rings is 1. The first kappa shape index (κ1) is 18.2. The highest BCUT2D eigenvalue weighted by molar-refractivity contribution is 5.86. The average Bonchev–Trinajstić information content (AvgIpc) is 3.21. The van der Waals surface area contributed by atoms with E-state index in [1.807, 2.05) is 30.3 Å². The molecule has 1 aromatic carbocycles. The van der Waals surface area contributed by atoms with Gasteiger partial charge in [-0.2, -0.15) is 0 Å². The monoisotopic (exact) mass is 397 g/mol. The van der Waals surface area contributed by atoms with Crippen molar-refractivity contribution in [3.63, 3.8) is 0 Å². The van der Waals surface area contributed by atoms with Gasteiger partial charge in [-0.3, -0.25) is 9.59 Å². The summed E-state index contributed by atoms with van der Waals surface area (Å²) in [5.74, 6) is -0.939. The van der Waals surface area contributed by atoms with E-state index in [-0.39, 0.29) is 11.8 Å². The standard InChI is InChI=1S/C22H23NO6/c24-20(16-4-5-17(16)21(25)26)23-9-7-22(8-10-23)28-13-15-12-14(3-6-19(15)29-22)18-2-1-11-27-18/h1-3,6,11-12,16-17H,4-5,7-10,13H2,(H,25,26). The van der Waals surface area contributed by atoms with Gasteiger partial charge >= 0.3 is 5.97 Å². The molecule has 0 radical (unpaired) electrons. The predicted molar refractivity (Wildman–Crippen MR) is 102 cm³/mol. The molecule has 7 nitrogen and oxygen atoms in total. The lowest BCUT2D eigenvalue weighted by atomic mass is 9.72. The Labute approximate surface area is 168 Å². The normalized spacial score (nSPS) is 25.0. The van der Waals surface area contributed by atoms with Gasteiger partial charge in [0, 0.05) is 37.1 Å². The highest BCUT2D eigenvalue weighted by Crippen LogP contribution is 2.41. The number of hydrogen-bond donors (Lipinski definition) is 1. The average molecular weight is 397 g/mol. The number of hydrogen-bond acceptors (Lipinski definition) is 5. The molecule has 5 rings (SSSR count). The summed E-state index contributed by atoms with van der Waals surface area (Å²) in [4.78, 5) is 25.7. The van der Waals surface area contributed by atoms with Crippen LogP contribution in [0.5, 0.6) is 5.75 Å². The molecule has 1 saturated heterocycles. The quantitative estimate of drug-likeness (QED) is 0.855. The van der Waals surface area contributed by atoms with Crippen LogP contribution in [0.3, 0.4) is 0 Å². The van der Waals surface area contributed by atoms with Gasteiger partial charge in [0.1, 0.15) is 11.5 Å². The second-order valence-corrected chi connectivity index (χ2v) is 8.06. The van der Waals surface area contributed by atoms with Crippen molar-refractivity contribution in [1.29, 1.82) is 0 Å². The molecule has 1 N–H and O–H groups in total. The molecule has 7 heteroatoms. The van der Waals surface area contributed by atoms with Crippen LogP contribution >= 0.6 is 0 Å². The third-order valence-electron chi connectivity index (χ3n) is 6.40. The van der Waals surface area contributed by atoms with E-state index in [0.29, 0.717) is 45.4 Å². The molecule has 1 saturated carbocycles. The van der Waals surface area contributed by atoms with E-state index in [2.05, 4.69) is 0 Å². The van der Waals surface area contributed by atoms with E-state index in [0.717, 1.165) is 22.6 Å². The zero-order valence-electron chi connectivity index (χ0n) is 16.0. The van der Waals surface area contributed by atoms with Gasteiger partial charge in [0.15, 0.2) is 0 Å². The fraction of sp³-hybridized carbons (Fsp3) is 0.455. The number of furan rings is 1. The molecule has 3 heterocycles. The maximum atomic E-state index is 12.7. The zero-order valence-corrected chi connectivity index (χ0v) is 16.0. The van der Waals surface area contributed by atoms with Crippen molar-refractivity contribution in [3.8, 4) is 17.1 Å². The maximum absolute atomic E-state index is 12.7. The second kappa shape index (κ2) is 6.91. The number of nitrogens with zero attached hydrogens (tertiary/aromatic N) is 1. The van der Waals surface area contributed by atoms with Crippen LogP contribution in [0.1, 0.15) is 31.2 Å². The molecule has 1 spiro atoms. The lowest BCUT2D eigenvalue weighted by Crippen LogP contribution is -2.55. The highest BCUT2D eigenvalue weighted by atomic mass is 16.7. The van der Waals surface area contributed by atoms with Crippen molar-refractivity contribution in [3.05, 3.63) is 42.2 Å². The van der Waals surface area contributed by atoms with Gasteiger partial charge in [-0.1, -0.05) is 0 Å². The summed E-state index contributed by atoms with van der Waals surface area (Å²) in [6.07, 6.45) is 4.04. The van der Waals surface area contributed by atoms with Crippen molar-refractivity contribution >= 4 is 11.9 Å². The number of carboxylic acids is 1. The minimum atomic E-state index is -0.868. The Kier molecular flexibility index (Phi) is 4.35. The molecule has 2 aliphatic heterocycles. The molecule has 1 aromatic heterocycles. The summed E-state index contributed by atoms with van der Waals surface area (Å²) < 4.78 is 17.8. The van der Waals surface area contributed by atoms with Gasteiger partial charge in [0.05, 0.1) is 24.7 Å². The minimum Gasteiger partial charge on any atom is -0.481 e. The van der Waals surface area contributed by atoms with Crippen molar-refractivity contribution < 1.29 is 28.6 Å². The summed E-state index contributed by atoms with van der Waals surface area (Å²) >= 11 is 0. The van der Waals surface area contributed by atoms with Crippen molar-refractivity contribution in [1.82, 2.24) is 4.90 Å². The van der Waals surface area contributed by atoms with Gasteiger partial charge in [-0.15, -0.1) is 0 Å². The third kappa shape index (κ3) is 3.19. The fourth-order valence-corrected chi connectivity index (χ4v) is 4.47. The molecule has 152 valence electrons. The summed E-state index contributed by atoms with van der Waals surface area (Å²) in [5, 5.41) is 9.21. The van der Waals surface area contributed by atoms with E-state index in [9.17, 15) is 14.7 Å². The van der Waals surface area contributed by atoms with Crippen molar-refractivity contribution in [2.75, 3.05) is 13.1 Å². The number of benzene rings is 1. The van der Waals surface area contributed by atoms with Gasteiger partial charge in [0.2, 0.25) is 11.7 Å². The van der Waals surface area contributed by atoms with Gasteiger partial charge in [-0.05, 0) is 43.2 Å². The lowest BCUT2D eigenvalue weighted by molar-refractivity contribution is -0.228. The number of rotatable bonds is 3. The zero-order chi connectivity index (χ0) is 20.0. The largest absolute Gasteiger partial charge is 0.481 e. The second-order valence-electron chi connectivity index (χ2n) is 8.06. The minimum absolute atomic E-state index is 0.0437. The predicted octanol–water partition coefficient (Wildman–Crippen LogP) is 3.29. The first-order valence-corrected chi connectivity index (χ1v) is 10.1. The van der Waals surface area contributed by atoms with Crippen LogP contribution in [0.4, 0.5) is 0 Å². The van der Waals surface area contributed by atoms with Crippen LogP contribution in [0.2, 0.25) is 0 Å². The van der Waals surface area contributed by atoms with Crippen LogP contribution in [0, 0.1) is 11.8 Å². The Hall–Kier alpha value is -2.80. The SMILES string of the molecule is O=C(O)C1CCC1C(=O)N1CCC2(CC1)OCc1cc(-c3ccco3)ccc1O2. The Bertz CT molecular complexity index is 929. The first-order valence-electron chi connectivity index (χ1n) is 10.1. The molecule has 29 heavy (non-hydrogen) atoms. The van der Waals surface area contributed by atoms with E-state index >= 15 is 0 Å². The first-order chi connectivity index (χ1) is 14.0. The molecule has 2 aromatic rings. The Morgan fingerprint density at radius 2 is 1.90 bits per heavy atom. The van der Waals surface area contributed by atoms with Crippen LogP contribution in [-0.4, -0.2) is 40.8 Å². The number of carbonyl (C=O) groups excluding carboxylic acids is 1. The Morgan fingerprint density at radius 3 is 2.55 bits per heavy atom. The smallest absolute Gasteiger partial charge is 0.307 e. The van der Waals surface area contributed by atoms with E-state index in [1.54, 1.807) is 11.2 Å². The summed E-state index contributed by atoms with van der Waals surface area (Å²) in [6.45, 7) is 1.48. The summed E-state index contributed by atoms with van der Waals surface area (Å²) in [7, 11) is 0. The number of fused-ring (bicyclic) bond motifs is 1. The molecule has 2 fully saturated rings. The maximum Gasteiger partial charge on any atom is 0.307 e. The van der Waals surface area contributed by atoms with Crippen LogP contribution in [-0.2, 0) is 20.9 Å². The molecule has 2 atom stereocenters.